The van der Waals surface area contributed by atoms with E-state index in [1.54, 1.807) is 0 Å². The first kappa shape index (κ1) is 9.40. The summed E-state index contributed by atoms with van der Waals surface area (Å²) in [7, 11) is 0. The van der Waals surface area contributed by atoms with E-state index in [1.165, 1.54) is 11.4 Å². The number of anilines is 1. The maximum Gasteiger partial charge on any atom is 0.0699 e. The van der Waals surface area contributed by atoms with Crippen LogP contribution >= 0.6 is 0 Å². The van der Waals surface area contributed by atoms with E-state index in [0.717, 1.165) is 0 Å². The van der Waals surface area contributed by atoms with Gasteiger partial charge in [0.05, 0.1) is 17.4 Å². The number of hydrogen-bond donors (Lipinski definition) is 0. The molecule has 2 atom stereocenters. The Bertz CT molecular complexity index is 471. The average molecular weight is 210 g/mol. The van der Waals surface area contributed by atoms with Gasteiger partial charge in [-0.05, 0) is 25.1 Å². The molecule has 2 aliphatic rings. The molecule has 0 aromatic heterocycles. The van der Waals surface area contributed by atoms with E-state index in [4.69, 9.17) is 0 Å². The molecule has 1 heterocycles. The Morgan fingerprint density at radius 1 is 1.12 bits per heavy atom. The molecule has 0 bridgehead atoms. The minimum Gasteiger partial charge on any atom is -0.262 e. The molecule has 0 spiro atoms. The molecule has 0 amide bonds. The topological polar surface area (TPSA) is 15.6 Å². The van der Waals surface area contributed by atoms with Crippen LogP contribution in [0, 0.1) is 5.92 Å². The number of allylic oxidation sites excluding steroid dienone is 3. The summed E-state index contributed by atoms with van der Waals surface area (Å²) in [6.45, 7) is 2.22. The third kappa shape index (κ3) is 1.38. The third-order valence-electron chi connectivity index (χ3n) is 3.19. The van der Waals surface area contributed by atoms with Crippen LogP contribution < -0.4 is 5.01 Å². The van der Waals surface area contributed by atoms with Gasteiger partial charge in [-0.2, -0.15) is 5.10 Å². The highest BCUT2D eigenvalue weighted by Gasteiger charge is 2.32. The van der Waals surface area contributed by atoms with E-state index in [2.05, 4.69) is 65.6 Å². The minimum atomic E-state index is 0.401. The van der Waals surface area contributed by atoms with Crippen molar-refractivity contribution in [3.63, 3.8) is 0 Å². The first-order valence-corrected chi connectivity index (χ1v) is 5.64. The van der Waals surface area contributed by atoms with Gasteiger partial charge in [0.25, 0.3) is 0 Å². The van der Waals surface area contributed by atoms with Crippen LogP contribution in [0.1, 0.15) is 6.92 Å². The Labute approximate surface area is 95.6 Å². The van der Waals surface area contributed by atoms with Gasteiger partial charge in [-0.15, -0.1) is 0 Å². The fraction of sp³-hybridized carbons (Fsp3) is 0.214. The second-order valence-corrected chi connectivity index (χ2v) is 4.22. The Kier molecular flexibility index (Phi) is 2.13. The Hall–Kier alpha value is -1.83. The molecule has 16 heavy (non-hydrogen) atoms. The molecule has 2 nitrogen and oxygen atoms in total. The largest absolute Gasteiger partial charge is 0.262 e. The van der Waals surface area contributed by atoms with Crippen molar-refractivity contribution in [1.29, 1.82) is 0 Å². The van der Waals surface area contributed by atoms with Gasteiger partial charge in [0, 0.05) is 5.92 Å². The molecule has 1 aliphatic heterocycles. The third-order valence-corrected chi connectivity index (χ3v) is 3.19. The van der Waals surface area contributed by atoms with Gasteiger partial charge < -0.3 is 0 Å². The molecule has 0 radical (unpaired) electrons. The molecule has 1 aliphatic carbocycles. The lowest BCUT2D eigenvalue weighted by Crippen LogP contribution is -2.29. The second kappa shape index (κ2) is 3.63. The fourth-order valence-electron chi connectivity index (χ4n) is 2.30. The van der Waals surface area contributed by atoms with E-state index in [9.17, 15) is 0 Å². The highest BCUT2D eigenvalue weighted by Crippen LogP contribution is 2.30. The van der Waals surface area contributed by atoms with E-state index in [1.807, 2.05) is 6.07 Å². The quantitative estimate of drug-likeness (QED) is 0.695. The molecule has 0 fully saturated rings. The van der Waals surface area contributed by atoms with Crippen molar-refractivity contribution in [3.8, 4) is 0 Å². The molecular weight excluding hydrogens is 196 g/mol. The lowest BCUT2D eigenvalue weighted by Gasteiger charge is -2.23. The van der Waals surface area contributed by atoms with Crippen LogP contribution in [0.15, 0.2) is 59.7 Å². The minimum absolute atomic E-state index is 0.401. The SMILES string of the molecule is CC1C2C=CC=CC2=NN1c1ccccc1. The standard InChI is InChI=1S/C14H14N2/c1-11-13-9-5-6-10-14(13)15-16(11)12-7-3-2-4-8-12/h2-11,13H,1H3. The Balaban J connectivity index is 1.97. The zero-order chi connectivity index (χ0) is 11.0. The molecule has 80 valence electrons. The van der Waals surface area contributed by atoms with Crippen LogP contribution in [-0.2, 0) is 0 Å². The molecule has 0 N–H and O–H groups in total. The predicted octanol–water partition coefficient (Wildman–Crippen LogP) is 2.99. The predicted molar refractivity (Wildman–Crippen MR) is 67.6 cm³/mol. The maximum absolute atomic E-state index is 4.67. The van der Waals surface area contributed by atoms with E-state index in [0.29, 0.717) is 12.0 Å². The van der Waals surface area contributed by atoms with Gasteiger partial charge in [-0.1, -0.05) is 36.4 Å². The number of nitrogens with zero attached hydrogens (tertiary/aromatic N) is 2. The van der Waals surface area contributed by atoms with Crippen molar-refractivity contribution in [2.75, 3.05) is 5.01 Å². The molecular formula is C14H14N2. The molecule has 2 heteroatoms. The second-order valence-electron chi connectivity index (χ2n) is 4.22. The summed E-state index contributed by atoms with van der Waals surface area (Å²) in [6.07, 6.45) is 8.49. The lowest BCUT2D eigenvalue weighted by molar-refractivity contribution is 0.644. The van der Waals surface area contributed by atoms with Crippen molar-refractivity contribution < 1.29 is 0 Å². The summed E-state index contributed by atoms with van der Waals surface area (Å²) in [6, 6.07) is 10.7. The molecule has 2 unspecified atom stereocenters. The molecule has 1 aromatic carbocycles. The molecule has 0 saturated carbocycles. The van der Waals surface area contributed by atoms with Gasteiger partial charge in [0.1, 0.15) is 0 Å². The zero-order valence-electron chi connectivity index (χ0n) is 9.25. The van der Waals surface area contributed by atoms with E-state index < -0.39 is 0 Å². The van der Waals surface area contributed by atoms with Crippen molar-refractivity contribution in [2.45, 2.75) is 13.0 Å². The normalized spacial score (nSPS) is 26.8. The van der Waals surface area contributed by atoms with Gasteiger partial charge in [-0.25, -0.2) is 0 Å². The van der Waals surface area contributed by atoms with Crippen LogP contribution in [0.4, 0.5) is 5.69 Å². The summed E-state index contributed by atoms with van der Waals surface area (Å²) >= 11 is 0. The van der Waals surface area contributed by atoms with Crippen LogP contribution in [0.2, 0.25) is 0 Å². The summed E-state index contributed by atoms with van der Waals surface area (Å²) in [5, 5.41) is 6.78. The van der Waals surface area contributed by atoms with Gasteiger partial charge in [0.2, 0.25) is 0 Å². The van der Waals surface area contributed by atoms with Gasteiger partial charge in [0.15, 0.2) is 0 Å². The fourth-order valence-corrected chi connectivity index (χ4v) is 2.30. The molecule has 3 rings (SSSR count). The van der Waals surface area contributed by atoms with E-state index >= 15 is 0 Å². The van der Waals surface area contributed by atoms with Crippen LogP contribution in [0.3, 0.4) is 0 Å². The van der Waals surface area contributed by atoms with E-state index in [-0.39, 0.29) is 0 Å². The Morgan fingerprint density at radius 3 is 2.69 bits per heavy atom. The first-order valence-electron chi connectivity index (χ1n) is 5.64. The number of para-hydroxylation sites is 1. The molecule has 1 aromatic rings. The summed E-state index contributed by atoms with van der Waals surface area (Å²) in [4.78, 5) is 0. The number of benzene rings is 1. The Morgan fingerprint density at radius 2 is 1.94 bits per heavy atom. The van der Waals surface area contributed by atoms with Crippen LogP contribution in [-0.4, -0.2) is 11.8 Å². The van der Waals surface area contributed by atoms with Crippen molar-refractivity contribution in [3.05, 3.63) is 54.6 Å². The number of hydrazone groups is 1. The first-order chi connectivity index (χ1) is 7.86. The lowest BCUT2D eigenvalue weighted by atomic mass is 9.93. The smallest absolute Gasteiger partial charge is 0.0699 e. The zero-order valence-corrected chi connectivity index (χ0v) is 9.25. The number of fused-ring (bicyclic) bond motifs is 1. The molecule has 0 saturated heterocycles. The van der Waals surface area contributed by atoms with Crippen molar-refractivity contribution in [1.82, 2.24) is 0 Å². The highest BCUT2D eigenvalue weighted by molar-refractivity contribution is 6.02. The van der Waals surface area contributed by atoms with Crippen LogP contribution in [0.25, 0.3) is 0 Å². The monoisotopic (exact) mass is 210 g/mol. The van der Waals surface area contributed by atoms with Crippen molar-refractivity contribution in [2.24, 2.45) is 11.0 Å². The highest BCUT2D eigenvalue weighted by atomic mass is 15.5. The summed E-state index contributed by atoms with van der Waals surface area (Å²) in [5.74, 6) is 0.435. The van der Waals surface area contributed by atoms with Gasteiger partial charge >= 0.3 is 0 Å². The average Bonchev–Trinajstić information content (AvgIpc) is 2.69. The number of hydrogen-bond acceptors (Lipinski definition) is 2. The number of rotatable bonds is 1. The summed E-state index contributed by atoms with van der Waals surface area (Å²) in [5.41, 5.74) is 2.33. The summed E-state index contributed by atoms with van der Waals surface area (Å²) < 4.78 is 0. The van der Waals surface area contributed by atoms with Crippen LogP contribution in [0.5, 0.6) is 0 Å². The maximum atomic E-state index is 4.67. The van der Waals surface area contributed by atoms with Gasteiger partial charge in [-0.3, -0.25) is 5.01 Å². The van der Waals surface area contributed by atoms with Crippen molar-refractivity contribution >= 4 is 11.4 Å².